The molecular weight excluding hydrogens is 725 g/mol. The summed E-state index contributed by atoms with van der Waals surface area (Å²) in [5.41, 5.74) is 0. The van der Waals surface area contributed by atoms with E-state index < -0.39 is 32.5 Å². The Balaban J connectivity index is 4.45. The number of esters is 2. The normalized spacial score (nSPS) is 14.0. The van der Waals surface area contributed by atoms with Gasteiger partial charge in [0.05, 0.1) is 27.7 Å². The van der Waals surface area contributed by atoms with Crippen LogP contribution in [0, 0.1) is 0 Å². The summed E-state index contributed by atoms with van der Waals surface area (Å²) in [4.78, 5) is 35.3. The molecule has 0 aliphatic carbocycles. The number of ether oxygens (including phenoxy) is 2. The number of carbonyl (C=O) groups is 2. The highest BCUT2D eigenvalue weighted by molar-refractivity contribution is 7.47. The number of rotatable bonds is 40. The van der Waals surface area contributed by atoms with Gasteiger partial charge in [-0.05, 0) is 70.6 Å². The van der Waals surface area contributed by atoms with Crippen LogP contribution in [-0.4, -0.2) is 74.9 Å². The molecule has 1 unspecified atom stereocenters. The molecule has 0 fully saturated rings. The Morgan fingerprint density at radius 3 is 1.50 bits per heavy atom. The van der Waals surface area contributed by atoms with Crippen molar-refractivity contribution in [1.29, 1.82) is 0 Å². The zero-order valence-electron chi connectivity index (χ0n) is 36.6. The highest BCUT2D eigenvalue weighted by atomic mass is 31.2. The Morgan fingerprint density at radius 2 is 0.982 bits per heavy atom. The van der Waals surface area contributed by atoms with Crippen LogP contribution in [0.25, 0.3) is 0 Å². The van der Waals surface area contributed by atoms with Gasteiger partial charge in [0.1, 0.15) is 19.8 Å². The maximum absolute atomic E-state index is 12.7. The smallest absolute Gasteiger partial charge is 0.462 e. The van der Waals surface area contributed by atoms with E-state index in [1.54, 1.807) is 0 Å². The number of likely N-dealkylation sites (N-methyl/N-ethyl adjacent to an activating group) is 1. The fraction of sp³-hybridized carbons (Fsp3) is 0.783. The minimum absolute atomic E-state index is 0.0207. The number of quaternary nitrogens is 1. The summed E-state index contributed by atoms with van der Waals surface area (Å²) in [7, 11) is 1.44. The molecule has 0 aliphatic rings. The van der Waals surface area contributed by atoms with E-state index in [0.29, 0.717) is 23.9 Å². The summed E-state index contributed by atoms with van der Waals surface area (Å²) in [5, 5.41) is 0. The summed E-state index contributed by atoms with van der Waals surface area (Å²) in [6.07, 6.45) is 44.5. The number of hydrogen-bond donors (Lipinski definition) is 1. The number of unbranched alkanes of at least 4 members (excludes halogenated alkanes) is 18. The summed E-state index contributed by atoms with van der Waals surface area (Å²) in [5.74, 6) is -0.869. The molecule has 326 valence electrons. The molecule has 1 N–H and O–H groups in total. The van der Waals surface area contributed by atoms with Gasteiger partial charge in [0.15, 0.2) is 6.10 Å². The van der Waals surface area contributed by atoms with Crippen LogP contribution in [0.5, 0.6) is 0 Å². The number of phosphoric ester groups is 1. The largest absolute Gasteiger partial charge is 0.472 e. The van der Waals surface area contributed by atoms with E-state index in [0.717, 1.165) is 57.8 Å². The monoisotopic (exact) mass is 811 g/mol. The van der Waals surface area contributed by atoms with Crippen molar-refractivity contribution >= 4 is 19.8 Å². The molecule has 0 aromatic heterocycles. The summed E-state index contributed by atoms with van der Waals surface area (Å²) >= 11 is 0. The first-order valence-corrected chi connectivity index (χ1v) is 23.9. The molecule has 0 rings (SSSR count). The lowest BCUT2D eigenvalue weighted by Crippen LogP contribution is -2.37. The molecule has 0 saturated heterocycles. The minimum Gasteiger partial charge on any atom is -0.462 e. The van der Waals surface area contributed by atoms with E-state index >= 15 is 0 Å². The predicted octanol–water partition coefficient (Wildman–Crippen LogP) is 12.7. The zero-order chi connectivity index (χ0) is 41.4. The maximum atomic E-state index is 12.7. The van der Waals surface area contributed by atoms with Crippen molar-refractivity contribution in [2.75, 3.05) is 47.5 Å². The van der Waals surface area contributed by atoms with Crippen molar-refractivity contribution in [3.63, 3.8) is 0 Å². The Hall–Kier alpha value is -2.03. The average molecular weight is 811 g/mol. The lowest BCUT2D eigenvalue weighted by Gasteiger charge is -2.24. The molecule has 0 aliphatic heterocycles. The van der Waals surface area contributed by atoms with Crippen molar-refractivity contribution in [2.24, 2.45) is 0 Å². The molecule has 0 spiro atoms. The number of phosphoric acid groups is 1. The number of carbonyl (C=O) groups excluding carboxylic acids is 2. The van der Waals surface area contributed by atoms with E-state index in [1.807, 2.05) is 21.1 Å². The lowest BCUT2D eigenvalue weighted by molar-refractivity contribution is -0.870. The first kappa shape index (κ1) is 54.0. The SMILES string of the molecule is CCCCC/C=C/C/C=C/CCCCCCCC(=O)OC[C@H](COP(=O)(O)OCC[N+](C)(C)C)OC(=O)CCC/C=C/C/C=C/CCCCCCCCCCC. The van der Waals surface area contributed by atoms with Gasteiger partial charge >= 0.3 is 19.8 Å². The first-order chi connectivity index (χ1) is 27.0. The Bertz CT molecular complexity index is 1100. The molecule has 0 bridgehead atoms. The average Bonchev–Trinajstić information content (AvgIpc) is 3.15. The molecule has 9 nitrogen and oxygen atoms in total. The third kappa shape index (κ3) is 41.6. The van der Waals surface area contributed by atoms with Crippen molar-refractivity contribution in [1.82, 2.24) is 0 Å². The molecular formula is C46H85NO8P+. The van der Waals surface area contributed by atoms with Crippen molar-refractivity contribution in [3.05, 3.63) is 48.6 Å². The van der Waals surface area contributed by atoms with Gasteiger partial charge in [0.2, 0.25) is 0 Å². The Labute approximate surface area is 343 Å². The molecule has 0 saturated carbocycles. The van der Waals surface area contributed by atoms with Crippen molar-refractivity contribution in [2.45, 2.75) is 187 Å². The standard InChI is InChI=1S/C46H84NO8P/c1-6-8-10-12-14-16-18-20-22-23-25-27-29-31-33-35-37-39-46(49)55-44(43-54-56(50,51)53-41-40-47(3,4)5)42-52-45(48)38-36-34-32-30-28-26-24-21-19-17-15-13-11-9-7-2/h15,17,21,24-25,27,31,33,44H,6-14,16,18-20,22-23,26,28-30,32,34-43H2,1-5H3/p+1/b17-15+,24-21+,27-25+,33-31+/t44-/m1/s1. The van der Waals surface area contributed by atoms with Crippen LogP contribution in [0.2, 0.25) is 0 Å². The molecule has 0 aromatic carbocycles. The van der Waals surface area contributed by atoms with Crippen LogP contribution in [0.3, 0.4) is 0 Å². The molecule has 56 heavy (non-hydrogen) atoms. The molecule has 0 amide bonds. The van der Waals surface area contributed by atoms with Crippen LogP contribution >= 0.6 is 7.82 Å². The van der Waals surface area contributed by atoms with E-state index in [9.17, 15) is 19.0 Å². The Kier molecular flexibility index (Phi) is 37.1. The van der Waals surface area contributed by atoms with E-state index in [2.05, 4.69) is 62.5 Å². The lowest BCUT2D eigenvalue weighted by atomic mass is 10.1. The fourth-order valence-electron chi connectivity index (χ4n) is 5.79. The highest BCUT2D eigenvalue weighted by Crippen LogP contribution is 2.43. The molecule has 0 radical (unpaired) electrons. The summed E-state index contributed by atoms with van der Waals surface area (Å²) in [6.45, 7) is 4.33. The highest BCUT2D eigenvalue weighted by Gasteiger charge is 2.27. The Morgan fingerprint density at radius 1 is 0.554 bits per heavy atom. The van der Waals surface area contributed by atoms with E-state index in [1.165, 1.54) is 83.5 Å². The number of allylic oxidation sites excluding steroid dienone is 8. The third-order valence-electron chi connectivity index (χ3n) is 9.33. The van der Waals surface area contributed by atoms with Gasteiger partial charge in [0.25, 0.3) is 0 Å². The second-order valence-electron chi connectivity index (χ2n) is 16.1. The van der Waals surface area contributed by atoms with Gasteiger partial charge in [0, 0.05) is 12.8 Å². The molecule has 10 heteroatoms. The predicted molar refractivity (Wildman–Crippen MR) is 233 cm³/mol. The van der Waals surface area contributed by atoms with Gasteiger partial charge < -0.3 is 18.9 Å². The van der Waals surface area contributed by atoms with Crippen LogP contribution in [0.1, 0.15) is 181 Å². The van der Waals surface area contributed by atoms with Gasteiger partial charge in [-0.3, -0.25) is 18.6 Å². The maximum Gasteiger partial charge on any atom is 0.472 e. The van der Waals surface area contributed by atoms with Gasteiger partial charge in [-0.1, -0.05) is 146 Å². The van der Waals surface area contributed by atoms with Gasteiger partial charge in [-0.15, -0.1) is 0 Å². The second kappa shape index (κ2) is 38.5. The third-order valence-corrected chi connectivity index (χ3v) is 10.3. The fourth-order valence-corrected chi connectivity index (χ4v) is 6.53. The van der Waals surface area contributed by atoms with Crippen LogP contribution in [0.15, 0.2) is 48.6 Å². The molecule has 2 atom stereocenters. The minimum atomic E-state index is -4.39. The van der Waals surface area contributed by atoms with Crippen molar-refractivity contribution in [3.8, 4) is 0 Å². The molecule has 0 aromatic rings. The quantitative estimate of drug-likeness (QED) is 0.0214. The number of hydrogen-bond acceptors (Lipinski definition) is 7. The van der Waals surface area contributed by atoms with E-state index in [4.69, 9.17) is 18.5 Å². The van der Waals surface area contributed by atoms with Crippen LogP contribution < -0.4 is 0 Å². The van der Waals surface area contributed by atoms with Gasteiger partial charge in [-0.2, -0.15) is 0 Å². The summed E-state index contributed by atoms with van der Waals surface area (Å²) in [6, 6.07) is 0. The molecule has 0 heterocycles. The zero-order valence-corrected chi connectivity index (χ0v) is 37.5. The second-order valence-corrected chi connectivity index (χ2v) is 17.5. The van der Waals surface area contributed by atoms with Crippen LogP contribution in [-0.2, 0) is 32.7 Å². The first-order valence-electron chi connectivity index (χ1n) is 22.4. The number of nitrogens with zero attached hydrogens (tertiary/aromatic N) is 1. The van der Waals surface area contributed by atoms with E-state index in [-0.39, 0.29) is 26.1 Å². The van der Waals surface area contributed by atoms with Crippen LogP contribution in [0.4, 0.5) is 0 Å². The van der Waals surface area contributed by atoms with Gasteiger partial charge in [-0.25, -0.2) is 4.57 Å². The topological polar surface area (TPSA) is 108 Å². The summed E-state index contributed by atoms with van der Waals surface area (Å²) < 4.78 is 34.2. The van der Waals surface area contributed by atoms with Crippen molar-refractivity contribution < 1.29 is 42.1 Å².